The molecule has 3 aromatic rings. The van der Waals surface area contributed by atoms with Crippen LogP contribution in [-0.2, 0) is 16.7 Å². The molecule has 11 heteroatoms. The fourth-order valence-electron chi connectivity index (χ4n) is 3.52. The predicted octanol–water partition coefficient (Wildman–Crippen LogP) is 2.95. The van der Waals surface area contributed by atoms with Crippen molar-refractivity contribution in [1.29, 1.82) is 0 Å². The number of piperazine rings is 1. The third-order valence-corrected chi connectivity index (χ3v) is 7.60. The van der Waals surface area contributed by atoms with Crippen molar-refractivity contribution in [3.63, 3.8) is 0 Å². The van der Waals surface area contributed by atoms with Crippen LogP contribution >= 0.6 is 12.2 Å². The average Bonchev–Trinajstić information content (AvgIpc) is 3.11. The van der Waals surface area contributed by atoms with Gasteiger partial charge < -0.3 is 0 Å². The molecule has 0 N–H and O–H groups in total. The van der Waals surface area contributed by atoms with Crippen molar-refractivity contribution in [2.75, 3.05) is 26.2 Å². The van der Waals surface area contributed by atoms with Crippen LogP contribution in [0.3, 0.4) is 0 Å². The molecule has 2 aromatic carbocycles. The van der Waals surface area contributed by atoms with Crippen molar-refractivity contribution >= 4 is 22.2 Å². The summed E-state index contributed by atoms with van der Waals surface area (Å²) >= 11 is 5.57. The molecular weight excluding hydrogens is 444 g/mol. The second-order valence-electron chi connectivity index (χ2n) is 7.31. The van der Waals surface area contributed by atoms with Gasteiger partial charge in [-0.3, -0.25) is 9.47 Å². The van der Waals surface area contributed by atoms with Gasteiger partial charge in [-0.15, -0.1) is 0 Å². The quantitative estimate of drug-likeness (QED) is 0.542. The van der Waals surface area contributed by atoms with Gasteiger partial charge in [0.2, 0.25) is 14.8 Å². The lowest BCUT2D eigenvalue weighted by molar-refractivity contribution is 0.144. The molecule has 0 bridgehead atoms. The first kappa shape index (κ1) is 21.8. The predicted molar refractivity (Wildman–Crippen MR) is 114 cm³/mol. The highest BCUT2D eigenvalue weighted by molar-refractivity contribution is 7.89. The Morgan fingerprint density at radius 2 is 1.74 bits per heavy atom. The van der Waals surface area contributed by atoms with E-state index in [1.165, 1.54) is 4.31 Å². The van der Waals surface area contributed by atoms with Gasteiger partial charge in [0.25, 0.3) is 0 Å². The SMILES string of the molecule is Cc1ccccc1-n1cnn(CN2CCN(S(=O)(=O)c3ccc(F)c(F)c3)CC2)c1=S. The third kappa shape index (κ3) is 4.31. The maximum Gasteiger partial charge on any atom is 0.243 e. The van der Waals surface area contributed by atoms with Gasteiger partial charge in [-0.25, -0.2) is 21.9 Å². The van der Waals surface area contributed by atoms with Crippen LogP contribution in [0.15, 0.2) is 53.7 Å². The Labute approximate surface area is 184 Å². The molecule has 0 amide bonds. The standard InChI is InChI=1S/C20H21F2N5O2S2/c1-15-4-2-3-5-19(15)26-13-23-27(20(26)30)14-24-8-10-25(11-9-24)31(28,29)16-6-7-17(21)18(22)12-16/h2-7,12-13H,8-11,14H2,1H3. The number of sulfonamides is 1. The summed E-state index contributed by atoms with van der Waals surface area (Å²) in [6, 6.07) is 10.5. The second kappa shape index (κ2) is 8.58. The van der Waals surface area contributed by atoms with Crippen molar-refractivity contribution in [2.24, 2.45) is 0 Å². The summed E-state index contributed by atoms with van der Waals surface area (Å²) in [6.45, 7) is 3.81. The monoisotopic (exact) mass is 465 g/mol. The third-order valence-electron chi connectivity index (χ3n) is 5.30. The zero-order valence-electron chi connectivity index (χ0n) is 16.8. The largest absolute Gasteiger partial charge is 0.282 e. The molecule has 1 fully saturated rings. The summed E-state index contributed by atoms with van der Waals surface area (Å²) in [5.74, 6) is -2.26. The summed E-state index contributed by atoms with van der Waals surface area (Å²) < 4.78 is 57.5. The van der Waals surface area contributed by atoms with Crippen LogP contribution in [0.25, 0.3) is 5.69 Å². The number of aromatic nitrogens is 3. The molecule has 0 saturated carbocycles. The molecule has 1 saturated heterocycles. The Morgan fingerprint density at radius 1 is 1.03 bits per heavy atom. The van der Waals surface area contributed by atoms with Crippen LogP contribution < -0.4 is 0 Å². The molecule has 0 unspecified atom stereocenters. The minimum absolute atomic E-state index is 0.229. The van der Waals surface area contributed by atoms with Gasteiger partial charge in [-0.2, -0.15) is 9.40 Å². The van der Waals surface area contributed by atoms with Gasteiger partial charge in [0.05, 0.1) is 17.3 Å². The van der Waals surface area contributed by atoms with Crippen LogP contribution in [0.5, 0.6) is 0 Å². The van der Waals surface area contributed by atoms with Gasteiger partial charge in [0, 0.05) is 26.2 Å². The van der Waals surface area contributed by atoms with E-state index >= 15 is 0 Å². The number of rotatable bonds is 5. The number of nitrogens with zero attached hydrogens (tertiary/aromatic N) is 5. The number of para-hydroxylation sites is 1. The van der Waals surface area contributed by atoms with Crippen molar-refractivity contribution in [1.82, 2.24) is 23.6 Å². The zero-order chi connectivity index (χ0) is 22.2. The number of aryl methyl sites for hydroxylation is 1. The molecule has 2 heterocycles. The lowest BCUT2D eigenvalue weighted by Crippen LogP contribution is -2.49. The Kier molecular flexibility index (Phi) is 6.02. The molecule has 0 atom stereocenters. The van der Waals surface area contributed by atoms with E-state index in [1.807, 2.05) is 40.7 Å². The Hall–Kier alpha value is -2.47. The second-order valence-corrected chi connectivity index (χ2v) is 9.61. The van der Waals surface area contributed by atoms with E-state index in [0.717, 1.165) is 23.4 Å². The smallest absolute Gasteiger partial charge is 0.243 e. The fourth-order valence-corrected chi connectivity index (χ4v) is 5.21. The van der Waals surface area contributed by atoms with Crippen molar-refractivity contribution < 1.29 is 17.2 Å². The fraction of sp³-hybridized carbons (Fsp3) is 0.300. The molecule has 1 aromatic heterocycles. The minimum Gasteiger partial charge on any atom is -0.282 e. The number of benzene rings is 2. The van der Waals surface area contributed by atoms with Crippen LogP contribution in [0.2, 0.25) is 0 Å². The average molecular weight is 466 g/mol. The Bertz CT molecular complexity index is 1260. The van der Waals surface area contributed by atoms with Gasteiger partial charge in [-0.1, -0.05) is 18.2 Å². The van der Waals surface area contributed by atoms with Crippen LogP contribution in [0, 0.1) is 23.3 Å². The maximum atomic E-state index is 13.5. The highest BCUT2D eigenvalue weighted by Crippen LogP contribution is 2.20. The van der Waals surface area contributed by atoms with Gasteiger partial charge >= 0.3 is 0 Å². The lowest BCUT2D eigenvalue weighted by atomic mass is 10.2. The number of hydrogen-bond donors (Lipinski definition) is 0. The maximum absolute atomic E-state index is 13.5. The van der Waals surface area contributed by atoms with Crippen molar-refractivity contribution in [2.45, 2.75) is 18.5 Å². The van der Waals surface area contributed by atoms with Crippen LogP contribution in [0.4, 0.5) is 8.78 Å². The van der Waals surface area contributed by atoms with Crippen molar-refractivity contribution in [3.8, 4) is 5.69 Å². The van der Waals surface area contributed by atoms with Gasteiger partial charge in [0.1, 0.15) is 6.33 Å². The minimum atomic E-state index is -3.89. The van der Waals surface area contributed by atoms with E-state index in [0.29, 0.717) is 30.6 Å². The molecule has 4 rings (SSSR count). The van der Waals surface area contributed by atoms with Gasteiger partial charge in [-0.05, 0) is 49.0 Å². The molecule has 31 heavy (non-hydrogen) atoms. The number of halogens is 2. The highest BCUT2D eigenvalue weighted by atomic mass is 32.2. The van der Waals surface area contributed by atoms with E-state index in [4.69, 9.17) is 12.2 Å². The molecule has 7 nitrogen and oxygen atoms in total. The molecule has 1 aliphatic heterocycles. The Balaban J connectivity index is 1.44. The summed E-state index contributed by atoms with van der Waals surface area (Å²) in [7, 11) is -3.89. The van der Waals surface area contributed by atoms with E-state index < -0.39 is 21.7 Å². The number of hydrogen-bond acceptors (Lipinski definition) is 5. The first-order valence-electron chi connectivity index (χ1n) is 9.65. The van der Waals surface area contributed by atoms with Gasteiger partial charge in [0.15, 0.2) is 11.6 Å². The molecule has 0 spiro atoms. The van der Waals surface area contributed by atoms with E-state index in [-0.39, 0.29) is 18.0 Å². The molecule has 1 aliphatic rings. The van der Waals surface area contributed by atoms with E-state index in [1.54, 1.807) is 11.0 Å². The first-order chi connectivity index (χ1) is 14.8. The summed E-state index contributed by atoms with van der Waals surface area (Å²) in [5, 5.41) is 4.39. The molecule has 0 aliphatic carbocycles. The topological polar surface area (TPSA) is 63.4 Å². The normalized spacial score (nSPS) is 16.0. The summed E-state index contributed by atoms with van der Waals surface area (Å²) in [5.41, 5.74) is 2.04. The van der Waals surface area contributed by atoms with Crippen LogP contribution in [-0.4, -0.2) is 58.1 Å². The van der Waals surface area contributed by atoms with E-state index in [2.05, 4.69) is 5.10 Å². The molecular formula is C20H21F2N5O2S2. The first-order valence-corrected chi connectivity index (χ1v) is 11.5. The van der Waals surface area contributed by atoms with Crippen LogP contribution in [0.1, 0.15) is 5.56 Å². The molecule has 164 valence electrons. The highest BCUT2D eigenvalue weighted by Gasteiger charge is 2.29. The Morgan fingerprint density at radius 3 is 2.42 bits per heavy atom. The summed E-state index contributed by atoms with van der Waals surface area (Å²) in [4.78, 5) is 1.79. The summed E-state index contributed by atoms with van der Waals surface area (Å²) in [6.07, 6.45) is 1.68. The molecule has 0 radical (unpaired) electrons. The lowest BCUT2D eigenvalue weighted by Gasteiger charge is -2.33. The zero-order valence-corrected chi connectivity index (χ0v) is 18.4. The van der Waals surface area contributed by atoms with Crippen molar-refractivity contribution in [3.05, 3.63) is 70.8 Å². The van der Waals surface area contributed by atoms with E-state index in [9.17, 15) is 17.2 Å².